The van der Waals surface area contributed by atoms with Crippen molar-refractivity contribution in [2.45, 2.75) is 6.92 Å². The Hall–Kier alpha value is -3.02. The summed E-state index contributed by atoms with van der Waals surface area (Å²) in [6.45, 7) is 1.60. The first-order valence-electron chi connectivity index (χ1n) is 9.54. The molecule has 0 radical (unpaired) electrons. The van der Waals surface area contributed by atoms with Gasteiger partial charge in [-0.2, -0.15) is 0 Å². The van der Waals surface area contributed by atoms with E-state index in [1.165, 1.54) is 0 Å². The minimum absolute atomic E-state index is 0.270. The Labute approximate surface area is 193 Å². The number of hydrogen-bond acceptors (Lipinski definition) is 4. The molecule has 0 spiro atoms. The largest absolute Gasteiger partial charge is 0.454 e. The Balaban J connectivity index is 1.66. The van der Waals surface area contributed by atoms with Crippen molar-refractivity contribution < 1.29 is 14.3 Å². The number of rotatable bonds is 5. The lowest BCUT2D eigenvalue weighted by Gasteiger charge is -2.11. The molecule has 4 aromatic rings. The van der Waals surface area contributed by atoms with Crippen molar-refractivity contribution in [3.05, 3.63) is 99.0 Å². The van der Waals surface area contributed by atoms with Gasteiger partial charge in [0.05, 0.1) is 16.8 Å². The summed E-state index contributed by atoms with van der Waals surface area (Å²) < 4.78 is 6.25. The van der Waals surface area contributed by atoms with Crippen LogP contribution < -0.4 is 0 Å². The molecule has 0 aliphatic rings. The third-order valence-corrected chi connectivity index (χ3v) is 5.61. The van der Waals surface area contributed by atoms with Crippen LogP contribution >= 0.6 is 27.5 Å². The molecular formula is C25H17BrClNO3. The highest BCUT2D eigenvalue weighted by Gasteiger charge is 2.17. The third kappa shape index (κ3) is 4.84. The number of benzene rings is 3. The molecule has 0 atom stereocenters. The quantitative estimate of drug-likeness (QED) is 0.230. The van der Waals surface area contributed by atoms with Crippen LogP contribution in [0.3, 0.4) is 0 Å². The number of Topliss-reactive ketones (excluding diaryl/α,β-unsaturated/α-hetero) is 1. The summed E-state index contributed by atoms with van der Waals surface area (Å²) in [7, 11) is 0. The molecule has 0 saturated heterocycles. The van der Waals surface area contributed by atoms with Crippen molar-refractivity contribution in [1.82, 2.24) is 4.98 Å². The van der Waals surface area contributed by atoms with Gasteiger partial charge in [-0.15, -0.1) is 0 Å². The molecule has 4 rings (SSSR count). The van der Waals surface area contributed by atoms with Gasteiger partial charge < -0.3 is 4.74 Å². The Morgan fingerprint density at radius 1 is 0.968 bits per heavy atom. The number of halogens is 2. The lowest BCUT2D eigenvalue weighted by molar-refractivity contribution is 0.0476. The second-order valence-corrected chi connectivity index (χ2v) is 8.44. The number of carbonyl (C=O) groups excluding carboxylic acids is 2. The van der Waals surface area contributed by atoms with Crippen molar-refractivity contribution >= 4 is 50.2 Å². The molecule has 3 aromatic carbocycles. The maximum Gasteiger partial charge on any atom is 0.339 e. The highest BCUT2D eigenvalue weighted by atomic mass is 79.9. The Bertz CT molecular complexity index is 1280. The fraction of sp³-hybridized carbons (Fsp3) is 0.0800. The van der Waals surface area contributed by atoms with Crippen LogP contribution in [0.25, 0.3) is 22.2 Å². The average molecular weight is 495 g/mol. The minimum atomic E-state index is -0.571. The zero-order chi connectivity index (χ0) is 22.0. The predicted molar refractivity (Wildman–Crippen MR) is 126 cm³/mol. The number of aryl methyl sites for hydroxylation is 1. The Morgan fingerprint density at radius 2 is 1.68 bits per heavy atom. The number of fused-ring (bicyclic) bond motifs is 1. The number of hydrogen-bond donors (Lipinski definition) is 0. The van der Waals surface area contributed by atoms with E-state index in [-0.39, 0.29) is 12.4 Å². The number of nitrogens with zero attached hydrogens (tertiary/aromatic N) is 1. The van der Waals surface area contributed by atoms with Crippen LogP contribution in [0.4, 0.5) is 0 Å². The van der Waals surface area contributed by atoms with Gasteiger partial charge in [0.2, 0.25) is 0 Å². The van der Waals surface area contributed by atoms with E-state index >= 15 is 0 Å². The summed E-state index contributed by atoms with van der Waals surface area (Å²) in [5.41, 5.74) is 3.96. The van der Waals surface area contributed by atoms with Gasteiger partial charge in [-0.3, -0.25) is 4.79 Å². The van der Waals surface area contributed by atoms with Crippen molar-refractivity contribution in [2.75, 3.05) is 6.61 Å². The van der Waals surface area contributed by atoms with E-state index in [4.69, 9.17) is 16.3 Å². The van der Waals surface area contributed by atoms with Gasteiger partial charge in [0, 0.05) is 26.0 Å². The van der Waals surface area contributed by atoms with Crippen LogP contribution in [0.5, 0.6) is 0 Å². The Morgan fingerprint density at radius 3 is 2.39 bits per heavy atom. The zero-order valence-electron chi connectivity index (χ0n) is 16.6. The summed E-state index contributed by atoms with van der Waals surface area (Å²) >= 11 is 9.33. The van der Waals surface area contributed by atoms with Crippen LogP contribution in [0.15, 0.2) is 77.3 Å². The van der Waals surface area contributed by atoms with E-state index < -0.39 is 5.97 Å². The summed E-state index contributed by atoms with van der Waals surface area (Å²) in [6.07, 6.45) is 0. The molecule has 31 heavy (non-hydrogen) atoms. The van der Waals surface area contributed by atoms with Gasteiger partial charge in [-0.05, 0) is 49.4 Å². The van der Waals surface area contributed by atoms with E-state index in [0.717, 1.165) is 15.6 Å². The fourth-order valence-electron chi connectivity index (χ4n) is 3.20. The van der Waals surface area contributed by atoms with Crippen LogP contribution in [0.2, 0.25) is 5.02 Å². The molecule has 1 heterocycles. The number of aromatic nitrogens is 1. The first-order valence-corrected chi connectivity index (χ1v) is 10.7. The van der Waals surface area contributed by atoms with E-state index in [0.29, 0.717) is 32.7 Å². The molecule has 0 saturated carbocycles. The van der Waals surface area contributed by atoms with Crippen molar-refractivity contribution in [3.63, 3.8) is 0 Å². The van der Waals surface area contributed by atoms with Gasteiger partial charge in [-0.25, -0.2) is 9.78 Å². The van der Waals surface area contributed by atoms with Crippen LogP contribution in [0, 0.1) is 6.92 Å². The lowest BCUT2D eigenvalue weighted by Crippen LogP contribution is -2.15. The highest BCUT2D eigenvalue weighted by molar-refractivity contribution is 9.10. The fourth-order valence-corrected chi connectivity index (χ4v) is 3.60. The van der Waals surface area contributed by atoms with Crippen LogP contribution in [-0.4, -0.2) is 23.3 Å². The second kappa shape index (κ2) is 9.00. The SMILES string of the molecule is Cc1ccc2nc(-c3ccc(Cl)cc3)cc(C(=O)OCC(=O)c3ccc(Br)cc3)c2c1. The monoisotopic (exact) mass is 493 g/mol. The molecular weight excluding hydrogens is 478 g/mol. The Kier molecular flexibility index (Phi) is 6.16. The van der Waals surface area contributed by atoms with Gasteiger partial charge in [0.25, 0.3) is 0 Å². The van der Waals surface area contributed by atoms with Gasteiger partial charge in [0.15, 0.2) is 12.4 Å². The normalized spacial score (nSPS) is 10.8. The molecule has 0 fully saturated rings. The van der Waals surface area contributed by atoms with Crippen LogP contribution in [-0.2, 0) is 4.74 Å². The number of ketones is 1. The molecule has 0 amide bonds. The molecule has 4 nitrogen and oxygen atoms in total. The second-order valence-electron chi connectivity index (χ2n) is 7.09. The molecule has 0 unspecified atom stereocenters. The average Bonchev–Trinajstić information content (AvgIpc) is 2.77. The summed E-state index contributed by atoms with van der Waals surface area (Å²) in [6, 6.07) is 21.5. The van der Waals surface area contributed by atoms with Gasteiger partial charge in [-0.1, -0.05) is 63.4 Å². The highest BCUT2D eigenvalue weighted by Crippen LogP contribution is 2.27. The van der Waals surface area contributed by atoms with Crippen molar-refractivity contribution in [2.24, 2.45) is 0 Å². The molecule has 6 heteroatoms. The third-order valence-electron chi connectivity index (χ3n) is 4.82. The van der Waals surface area contributed by atoms with Crippen LogP contribution in [0.1, 0.15) is 26.3 Å². The number of esters is 1. The molecule has 0 aliphatic carbocycles. The molecule has 1 aromatic heterocycles. The first-order chi connectivity index (χ1) is 14.9. The molecule has 0 aliphatic heterocycles. The summed E-state index contributed by atoms with van der Waals surface area (Å²) in [5.74, 6) is -0.841. The number of carbonyl (C=O) groups is 2. The minimum Gasteiger partial charge on any atom is -0.454 e. The summed E-state index contributed by atoms with van der Waals surface area (Å²) in [4.78, 5) is 30.1. The van der Waals surface area contributed by atoms with Gasteiger partial charge in [0.1, 0.15) is 0 Å². The standard InChI is InChI=1S/C25H17BrClNO3/c1-15-2-11-22-20(12-15)21(13-23(28-22)16-5-9-19(27)10-6-16)25(30)31-14-24(29)17-3-7-18(26)8-4-17/h2-13H,14H2,1H3. The van der Waals surface area contributed by atoms with Crippen molar-refractivity contribution in [1.29, 1.82) is 0 Å². The molecule has 0 bridgehead atoms. The maximum atomic E-state index is 13.0. The van der Waals surface area contributed by atoms with E-state index in [1.54, 1.807) is 42.5 Å². The summed E-state index contributed by atoms with van der Waals surface area (Å²) in [5, 5.41) is 1.30. The zero-order valence-corrected chi connectivity index (χ0v) is 18.9. The maximum absolute atomic E-state index is 13.0. The first kappa shape index (κ1) is 21.2. The smallest absolute Gasteiger partial charge is 0.339 e. The topological polar surface area (TPSA) is 56.3 Å². The lowest BCUT2D eigenvalue weighted by atomic mass is 10.0. The molecule has 0 N–H and O–H groups in total. The van der Waals surface area contributed by atoms with E-state index in [1.807, 2.05) is 37.3 Å². The molecule has 154 valence electrons. The van der Waals surface area contributed by atoms with Crippen molar-refractivity contribution in [3.8, 4) is 11.3 Å². The number of pyridine rings is 1. The number of ether oxygens (including phenoxy) is 1. The predicted octanol–water partition coefficient (Wildman–Crippen LogP) is 6.67. The van der Waals surface area contributed by atoms with E-state index in [9.17, 15) is 9.59 Å². The van der Waals surface area contributed by atoms with E-state index in [2.05, 4.69) is 20.9 Å². The van der Waals surface area contributed by atoms with Gasteiger partial charge >= 0.3 is 5.97 Å².